The predicted octanol–water partition coefficient (Wildman–Crippen LogP) is 2.62. The van der Waals surface area contributed by atoms with Crippen molar-refractivity contribution in [1.82, 2.24) is 14.9 Å². The summed E-state index contributed by atoms with van der Waals surface area (Å²) >= 11 is 0. The van der Waals surface area contributed by atoms with Crippen LogP contribution in [0.3, 0.4) is 0 Å². The molecule has 0 bridgehead atoms. The molecule has 0 N–H and O–H groups in total. The Morgan fingerprint density at radius 3 is 2.96 bits per heavy atom. The molecule has 1 fully saturated rings. The first kappa shape index (κ1) is 15.3. The standard InChI is InChI=1S/C19H21N3O2/c1-3-5-17-20-9-15-16(21-17)10-24-19(15)11-22(12-19)18(23)14-7-4-6-13(2)8-14/h4,6-9H,3,5,10-12H2,1-2H3. The molecular formula is C19H21N3O2. The Hall–Kier alpha value is -2.27. The molecular weight excluding hydrogens is 302 g/mol. The van der Waals surface area contributed by atoms with Crippen LogP contribution in [0.2, 0.25) is 0 Å². The Labute approximate surface area is 141 Å². The van der Waals surface area contributed by atoms with Crippen LogP contribution in [0.4, 0.5) is 0 Å². The average molecular weight is 323 g/mol. The molecule has 2 aliphatic rings. The highest BCUT2D eigenvalue weighted by Crippen LogP contribution is 2.43. The lowest BCUT2D eigenvalue weighted by molar-refractivity contribution is -0.126. The Balaban J connectivity index is 1.51. The number of carbonyl (C=O) groups excluding carboxylic acids is 1. The van der Waals surface area contributed by atoms with Gasteiger partial charge in [-0.1, -0.05) is 24.6 Å². The number of aromatic nitrogens is 2. The number of benzene rings is 1. The lowest BCUT2D eigenvalue weighted by Crippen LogP contribution is -2.61. The third-order valence-corrected chi connectivity index (χ3v) is 4.81. The second kappa shape index (κ2) is 5.67. The van der Waals surface area contributed by atoms with Crippen molar-refractivity contribution in [2.24, 2.45) is 0 Å². The van der Waals surface area contributed by atoms with Gasteiger partial charge in [-0.15, -0.1) is 0 Å². The first-order chi connectivity index (χ1) is 11.6. The van der Waals surface area contributed by atoms with Gasteiger partial charge in [0.25, 0.3) is 5.91 Å². The van der Waals surface area contributed by atoms with Crippen LogP contribution in [0.25, 0.3) is 0 Å². The molecule has 0 saturated carbocycles. The van der Waals surface area contributed by atoms with E-state index in [9.17, 15) is 4.79 Å². The zero-order chi connectivity index (χ0) is 16.7. The molecule has 3 heterocycles. The van der Waals surface area contributed by atoms with Crippen molar-refractivity contribution in [1.29, 1.82) is 0 Å². The average Bonchev–Trinajstić information content (AvgIpc) is 2.92. The van der Waals surface area contributed by atoms with E-state index in [0.29, 0.717) is 19.7 Å². The first-order valence-electron chi connectivity index (χ1n) is 8.46. The topological polar surface area (TPSA) is 55.3 Å². The summed E-state index contributed by atoms with van der Waals surface area (Å²) in [7, 11) is 0. The summed E-state index contributed by atoms with van der Waals surface area (Å²) in [5.41, 5.74) is 3.46. The number of carbonyl (C=O) groups is 1. The highest BCUT2D eigenvalue weighted by atomic mass is 16.5. The molecule has 1 spiro atoms. The van der Waals surface area contributed by atoms with Gasteiger partial charge in [0.15, 0.2) is 0 Å². The van der Waals surface area contributed by atoms with E-state index in [4.69, 9.17) is 4.74 Å². The van der Waals surface area contributed by atoms with Gasteiger partial charge in [-0.25, -0.2) is 9.97 Å². The molecule has 1 aromatic carbocycles. The molecule has 0 radical (unpaired) electrons. The summed E-state index contributed by atoms with van der Waals surface area (Å²) in [5, 5.41) is 0. The minimum atomic E-state index is -0.403. The second-order valence-corrected chi connectivity index (χ2v) is 6.71. The highest BCUT2D eigenvalue weighted by molar-refractivity contribution is 5.95. The van der Waals surface area contributed by atoms with E-state index in [-0.39, 0.29) is 5.91 Å². The molecule has 2 aliphatic heterocycles. The summed E-state index contributed by atoms with van der Waals surface area (Å²) in [6.07, 6.45) is 3.82. The summed E-state index contributed by atoms with van der Waals surface area (Å²) in [6, 6.07) is 7.71. The number of aryl methyl sites for hydroxylation is 2. The van der Waals surface area contributed by atoms with Crippen molar-refractivity contribution in [2.45, 2.75) is 38.9 Å². The van der Waals surface area contributed by atoms with Crippen LogP contribution < -0.4 is 0 Å². The van der Waals surface area contributed by atoms with E-state index >= 15 is 0 Å². The largest absolute Gasteiger partial charge is 0.360 e. The zero-order valence-corrected chi connectivity index (χ0v) is 14.1. The fraction of sp³-hybridized carbons (Fsp3) is 0.421. The van der Waals surface area contributed by atoms with E-state index in [1.807, 2.05) is 42.3 Å². The number of amides is 1. The number of hydrogen-bond donors (Lipinski definition) is 0. The Morgan fingerprint density at radius 1 is 1.38 bits per heavy atom. The fourth-order valence-corrected chi connectivity index (χ4v) is 3.51. The summed E-state index contributed by atoms with van der Waals surface area (Å²) in [6.45, 7) is 5.78. The number of fused-ring (bicyclic) bond motifs is 2. The van der Waals surface area contributed by atoms with Gasteiger partial charge in [-0.3, -0.25) is 4.79 Å². The van der Waals surface area contributed by atoms with Gasteiger partial charge in [0.2, 0.25) is 0 Å². The van der Waals surface area contributed by atoms with Crippen molar-refractivity contribution in [3.63, 3.8) is 0 Å². The molecule has 2 aromatic rings. The lowest BCUT2D eigenvalue weighted by atomic mass is 9.87. The minimum absolute atomic E-state index is 0.0601. The second-order valence-electron chi connectivity index (χ2n) is 6.71. The maximum absolute atomic E-state index is 12.6. The highest BCUT2D eigenvalue weighted by Gasteiger charge is 2.52. The van der Waals surface area contributed by atoms with Crippen LogP contribution in [-0.4, -0.2) is 33.9 Å². The van der Waals surface area contributed by atoms with E-state index in [1.165, 1.54) is 0 Å². The van der Waals surface area contributed by atoms with Crippen molar-refractivity contribution in [3.8, 4) is 0 Å². The van der Waals surface area contributed by atoms with Gasteiger partial charge in [-0.2, -0.15) is 0 Å². The van der Waals surface area contributed by atoms with E-state index in [2.05, 4.69) is 16.9 Å². The van der Waals surface area contributed by atoms with Gasteiger partial charge in [0, 0.05) is 23.7 Å². The Morgan fingerprint density at radius 2 is 2.21 bits per heavy atom. The van der Waals surface area contributed by atoms with Crippen LogP contribution in [0.5, 0.6) is 0 Å². The van der Waals surface area contributed by atoms with Gasteiger partial charge >= 0.3 is 0 Å². The lowest BCUT2D eigenvalue weighted by Gasteiger charge is -2.47. The monoisotopic (exact) mass is 323 g/mol. The van der Waals surface area contributed by atoms with E-state index < -0.39 is 5.60 Å². The van der Waals surface area contributed by atoms with Gasteiger partial charge in [0.1, 0.15) is 11.4 Å². The van der Waals surface area contributed by atoms with Crippen molar-refractivity contribution >= 4 is 5.91 Å². The van der Waals surface area contributed by atoms with Crippen LogP contribution >= 0.6 is 0 Å². The molecule has 0 unspecified atom stereocenters. The Bertz CT molecular complexity index is 797. The van der Waals surface area contributed by atoms with Gasteiger partial charge in [0.05, 0.1) is 25.4 Å². The molecule has 5 nitrogen and oxygen atoms in total. The maximum atomic E-state index is 12.6. The SMILES string of the molecule is CCCc1ncc2c(n1)COC21CN(C(=O)c2cccc(C)c2)C1. The minimum Gasteiger partial charge on any atom is -0.360 e. The molecule has 1 aromatic heterocycles. The Kier molecular flexibility index (Phi) is 3.61. The van der Waals surface area contributed by atoms with Crippen molar-refractivity contribution < 1.29 is 9.53 Å². The van der Waals surface area contributed by atoms with Crippen LogP contribution in [0.1, 0.15) is 46.3 Å². The molecule has 124 valence electrons. The zero-order valence-electron chi connectivity index (χ0n) is 14.1. The van der Waals surface area contributed by atoms with Crippen LogP contribution in [-0.2, 0) is 23.4 Å². The normalized spacial score (nSPS) is 17.7. The third-order valence-electron chi connectivity index (χ3n) is 4.81. The number of nitrogens with zero attached hydrogens (tertiary/aromatic N) is 3. The summed E-state index contributed by atoms with van der Waals surface area (Å²) in [5.74, 6) is 0.939. The molecule has 4 rings (SSSR count). The van der Waals surface area contributed by atoms with E-state index in [1.54, 1.807) is 0 Å². The van der Waals surface area contributed by atoms with E-state index in [0.717, 1.165) is 41.1 Å². The molecule has 5 heteroatoms. The van der Waals surface area contributed by atoms with Crippen LogP contribution in [0.15, 0.2) is 30.5 Å². The van der Waals surface area contributed by atoms with Crippen molar-refractivity contribution in [3.05, 3.63) is 58.7 Å². The third kappa shape index (κ3) is 2.40. The first-order valence-corrected chi connectivity index (χ1v) is 8.46. The number of rotatable bonds is 3. The summed E-state index contributed by atoms with van der Waals surface area (Å²) < 4.78 is 6.02. The predicted molar refractivity (Wildman–Crippen MR) is 89.6 cm³/mol. The van der Waals surface area contributed by atoms with Gasteiger partial charge < -0.3 is 9.64 Å². The molecule has 1 amide bonds. The van der Waals surface area contributed by atoms with Crippen LogP contribution in [0, 0.1) is 6.92 Å². The summed E-state index contributed by atoms with van der Waals surface area (Å²) in [4.78, 5) is 23.5. The number of hydrogen-bond acceptors (Lipinski definition) is 4. The smallest absolute Gasteiger partial charge is 0.254 e. The number of ether oxygens (including phenoxy) is 1. The molecule has 1 saturated heterocycles. The molecule has 0 aliphatic carbocycles. The molecule has 24 heavy (non-hydrogen) atoms. The van der Waals surface area contributed by atoms with Gasteiger partial charge in [-0.05, 0) is 25.5 Å². The molecule has 0 atom stereocenters. The maximum Gasteiger partial charge on any atom is 0.254 e. The number of likely N-dealkylation sites (tertiary alicyclic amines) is 1. The van der Waals surface area contributed by atoms with Crippen molar-refractivity contribution in [2.75, 3.05) is 13.1 Å². The quantitative estimate of drug-likeness (QED) is 0.871. The fourth-order valence-electron chi connectivity index (χ4n) is 3.51.